The van der Waals surface area contributed by atoms with Gasteiger partial charge in [0.05, 0.1) is 82.5 Å². The number of anilines is 3. The molecule has 14 rings (SSSR count). The molecule has 37 heteroatoms. The van der Waals surface area contributed by atoms with E-state index >= 15 is 4.57 Å². The first kappa shape index (κ1) is 88.4. The van der Waals surface area contributed by atoms with Crippen LogP contribution in [0.15, 0.2) is 197 Å². The molecule has 33 nitrogen and oxygen atoms in total. The molecule has 5 N–H and O–H groups in total. The monoisotopic (exact) mass is 1760 g/mol. The molecule has 11 aromatic rings. The fourth-order valence-electron chi connectivity index (χ4n) is 15.4. The van der Waals surface area contributed by atoms with E-state index < -0.39 is 136 Å². The van der Waals surface area contributed by atoms with E-state index in [0.717, 1.165) is 0 Å². The highest BCUT2D eigenvalue weighted by molar-refractivity contribution is 7.49. The van der Waals surface area contributed by atoms with Crippen LogP contribution in [0.2, 0.25) is 10.0 Å². The number of para-hydroxylation sites is 1. The molecule has 0 radical (unpaired) electrons. The number of amides is 3. The van der Waals surface area contributed by atoms with Gasteiger partial charge in [-0.25, -0.2) is 24.0 Å². The molecule has 123 heavy (non-hydrogen) atoms. The molecule has 3 unspecified atom stereocenters. The lowest BCUT2D eigenvalue weighted by Crippen LogP contribution is -2.41. The molecule has 8 heterocycles. The number of nitriles is 1. The maximum Gasteiger partial charge on any atom is 0.530 e. The van der Waals surface area contributed by atoms with E-state index in [4.69, 9.17) is 79.2 Å². The highest BCUT2D eigenvalue weighted by Gasteiger charge is 2.55. The van der Waals surface area contributed by atoms with Crippen LogP contribution in [0.1, 0.15) is 138 Å². The Morgan fingerprint density at radius 1 is 0.642 bits per heavy atom. The van der Waals surface area contributed by atoms with Gasteiger partial charge in [-0.15, -0.1) is 0 Å². The number of carbonyl (C=O) groups is 3. The van der Waals surface area contributed by atoms with E-state index in [9.17, 15) is 34.0 Å². The fourth-order valence-corrected chi connectivity index (χ4v) is 19.0. The molecule has 0 saturated carbocycles. The van der Waals surface area contributed by atoms with Crippen LogP contribution >= 0.6 is 39.6 Å². The van der Waals surface area contributed by atoms with E-state index in [0.29, 0.717) is 39.3 Å². The van der Waals surface area contributed by atoms with Crippen molar-refractivity contribution < 1.29 is 70.0 Å². The predicted molar refractivity (Wildman–Crippen MR) is 458 cm³/mol. The molecule has 0 bridgehead atoms. The van der Waals surface area contributed by atoms with Gasteiger partial charge in [-0.05, 0) is 123 Å². The Balaban J connectivity index is 0.922. The molecule has 3 aliphatic heterocycles. The number of nitrogens with one attached hydrogen (secondary N) is 5. The summed E-state index contributed by atoms with van der Waals surface area (Å²) >= 11 is 14.2. The van der Waals surface area contributed by atoms with Crippen LogP contribution in [-0.4, -0.2) is 148 Å². The number of imidazole rings is 2. The van der Waals surface area contributed by atoms with Crippen LogP contribution in [0, 0.1) is 29.1 Å². The van der Waals surface area contributed by atoms with Gasteiger partial charge in [-0.1, -0.05) is 148 Å². The molecule has 3 fully saturated rings. The molecule has 0 aliphatic carbocycles. The van der Waals surface area contributed by atoms with Crippen LogP contribution < -0.4 is 46.8 Å². The van der Waals surface area contributed by atoms with Crippen molar-refractivity contribution in [2.45, 2.75) is 154 Å². The minimum Gasteiger partial charge on any atom is -0.497 e. The summed E-state index contributed by atoms with van der Waals surface area (Å²) in [4.78, 5) is 111. The van der Waals surface area contributed by atoms with Crippen molar-refractivity contribution in [1.29, 1.82) is 5.26 Å². The van der Waals surface area contributed by atoms with Crippen LogP contribution in [-0.2, 0) is 56.8 Å². The lowest BCUT2D eigenvalue weighted by Gasteiger charge is -2.39. The summed E-state index contributed by atoms with van der Waals surface area (Å²) in [6.07, 6.45) is -5.97. The van der Waals surface area contributed by atoms with Gasteiger partial charge in [0, 0.05) is 65.4 Å². The quantitative estimate of drug-likeness (QED) is 0.0140. The summed E-state index contributed by atoms with van der Waals surface area (Å²) < 4.78 is 98.9. The number of hydrogen-bond donors (Lipinski definition) is 5. The second kappa shape index (κ2) is 38.9. The first-order chi connectivity index (χ1) is 59.2. The average molecular weight is 1760 g/mol. The normalized spacial score (nSPS) is 20.1. The SMILES string of the molecule is COc1ccc(C(OC[C@@H]2O[C@@H](n3ccc(NC(=O)c4ccccc4)nc3=O)C[C@H]2C(c2cccc(Cl)c2)[C@H]2O[C@@H](n3cnc4c(=O)[nH]c(NC(=O)C(C)C)nc43)C[C@@H]2OP(=O)(OC[C@H]2O[C@@H](n3cnc4c(=O)[nH]c(NC(=O)C(C)C)nc43)C[C@@H]2OP(OCCC#N)N(C(C)C)C(C)C)Oc2ccccc2Cl)(c2ccccc2)c2ccc(OC)cc2)cc1. The van der Waals surface area contributed by atoms with Crippen molar-refractivity contribution in [3.05, 3.63) is 252 Å². The number of H-pyrrole nitrogens is 2. The maximum absolute atomic E-state index is 17.2. The number of phosphoric ester groups is 1. The first-order valence-electron chi connectivity index (χ1n) is 40.1. The third-order valence-electron chi connectivity index (χ3n) is 21.3. The Hall–Kier alpha value is -10.9. The standard InChI is InChI=1S/C86H93Cl2N15O18P2/c1-49(2)78(104)96-83-94-76-73(81(107)98-83)90-47-101(76)70-43-64(119-122(114-40-20-38-89)103(51(5)6)52(7)8)67(117-70)46-115-123(110,120-63-28-18-17-27-62(63)88)121-65-44-71(102-48-91-74-77(102)95-84(99-82(74)108)97-79(105)50(3)4)118-75(65)72(54-23-19-26-58(87)41-54)61-42-69(100-39-37-68(93-85(100)109)92-80(106)53-21-13-11-14-22-53)116-66(61)45-113-86(55-24-15-12-16-25-55,56-29-33-59(111-9)34-30-56)57-31-35-60(112-10)36-32-57/h11-19,21-37,39,41,47-52,61,64-67,69-72,75H,20,40,42-46H2,1-10H3,(H,92,93,106,109)(H2,94,96,98,104,107)(H2,95,97,99,105,108)/t61-,64+,65+,66+,67-,69-,70-,71-,72?,75+,122?,123?/m1/s1. The molecule has 12 atom stereocenters. The summed E-state index contributed by atoms with van der Waals surface area (Å²) in [6, 6.07) is 49.5. The van der Waals surface area contributed by atoms with Gasteiger partial charge in [0.15, 0.2) is 22.3 Å². The number of halogens is 2. The molecular weight excluding hydrogens is 1660 g/mol. The Morgan fingerprint density at radius 2 is 1.20 bits per heavy atom. The van der Waals surface area contributed by atoms with Gasteiger partial charge in [0.2, 0.25) is 23.7 Å². The number of nitrogens with zero attached hydrogens (tertiary/aromatic N) is 10. The maximum atomic E-state index is 17.2. The predicted octanol–water partition coefficient (Wildman–Crippen LogP) is 14.8. The third-order valence-corrected chi connectivity index (χ3v) is 25.4. The van der Waals surface area contributed by atoms with Crippen molar-refractivity contribution in [1.82, 2.24) is 53.3 Å². The number of fused-ring (bicyclic) bond motifs is 2. The van der Waals surface area contributed by atoms with E-state index in [1.807, 2.05) is 117 Å². The van der Waals surface area contributed by atoms with E-state index in [2.05, 4.69) is 51.9 Å². The second-order valence-corrected chi connectivity index (χ2v) is 34.6. The lowest BCUT2D eigenvalue weighted by atomic mass is 9.76. The van der Waals surface area contributed by atoms with Gasteiger partial charge < -0.3 is 47.3 Å². The van der Waals surface area contributed by atoms with E-state index in [1.54, 1.807) is 103 Å². The number of aromatic nitrogens is 10. The van der Waals surface area contributed by atoms with Crippen molar-refractivity contribution in [3.8, 4) is 23.3 Å². The lowest BCUT2D eigenvalue weighted by molar-refractivity contribution is -0.119. The number of methoxy groups -OCH3 is 2. The molecule has 3 aliphatic rings. The van der Waals surface area contributed by atoms with Crippen molar-refractivity contribution in [3.63, 3.8) is 0 Å². The summed E-state index contributed by atoms with van der Waals surface area (Å²) in [5.41, 5.74) is -1.03. The molecule has 5 aromatic heterocycles. The zero-order valence-electron chi connectivity index (χ0n) is 68.8. The van der Waals surface area contributed by atoms with Crippen LogP contribution in [0.3, 0.4) is 0 Å². The van der Waals surface area contributed by atoms with Crippen molar-refractivity contribution in [2.24, 2.45) is 17.8 Å². The number of carbonyl (C=O) groups excluding carboxylic acids is 3. The van der Waals surface area contributed by atoms with Crippen LogP contribution in [0.25, 0.3) is 22.3 Å². The second-order valence-electron chi connectivity index (χ2n) is 30.8. The van der Waals surface area contributed by atoms with Gasteiger partial charge >= 0.3 is 13.5 Å². The summed E-state index contributed by atoms with van der Waals surface area (Å²) in [6.45, 7) is 13.7. The molecule has 6 aromatic carbocycles. The highest BCUT2D eigenvalue weighted by Crippen LogP contribution is 2.59. The smallest absolute Gasteiger partial charge is 0.497 e. The topological polar surface area (TPSA) is 395 Å². The summed E-state index contributed by atoms with van der Waals surface area (Å²) in [7, 11) is -4.25. The Labute approximate surface area is 718 Å². The number of phosphoric acid groups is 1. The van der Waals surface area contributed by atoms with Crippen molar-refractivity contribution in [2.75, 3.05) is 50.0 Å². The number of benzene rings is 6. The van der Waals surface area contributed by atoms with Gasteiger partial charge in [0.1, 0.15) is 59.6 Å². The van der Waals surface area contributed by atoms with Crippen LogP contribution in [0.4, 0.5) is 17.7 Å². The first-order valence-corrected chi connectivity index (χ1v) is 43.4. The number of hydrogen-bond acceptors (Lipinski definition) is 25. The Kier molecular flexibility index (Phi) is 27.9. The third kappa shape index (κ3) is 19.8. The molecular formula is C86H93Cl2N15O18P2. The van der Waals surface area contributed by atoms with Gasteiger partial charge in [-0.3, -0.25) is 67.3 Å². The number of aromatic amines is 2. The molecule has 644 valence electrons. The number of rotatable bonds is 35. The van der Waals surface area contributed by atoms with E-state index in [1.165, 1.54) is 50.8 Å². The zero-order valence-corrected chi connectivity index (χ0v) is 72.1. The summed E-state index contributed by atoms with van der Waals surface area (Å²) in [5.74, 6) is -3.81. The van der Waals surface area contributed by atoms with Gasteiger partial charge in [0.25, 0.3) is 25.6 Å². The molecule has 3 amide bonds. The Bertz CT molecular complexity index is 5800. The summed E-state index contributed by atoms with van der Waals surface area (Å²) in [5, 5.41) is 18.2. The average Bonchev–Trinajstić information content (AvgIpc) is 1.44. The number of ether oxygens (including phenoxy) is 6. The minimum atomic E-state index is -5.34. The molecule has 3 saturated heterocycles. The minimum absolute atomic E-state index is 0.0102. The fraction of sp³-hybridized carbons (Fsp3) is 0.372. The highest BCUT2D eigenvalue weighted by atomic mass is 35.5. The Morgan fingerprint density at radius 3 is 1.76 bits per heavy atom. The van der Waals surface area contributed by atoms with Crippen LogP contribution in [0.5, 0.6) is 17.2 Å². The van der Waals surface area contributed by atoms with Gasteiger partial charge in [-0.2, -0.15) is 20.2 Å². The zero-order chi connectivity index (χ0) is 87.0. The van der Waals surface area contributed by atoms with Crippen molar-refractivity contribution >= 4 is 97.3 Å². The van der Waals surface area contributed by atoms with E-state index in [-0.39, 0.29) is 107 Å². The molecule has 0 spiro atoms. The largest absolute Gasteiger partial charge is 0.530 e.